The Morgan fingerprint density at radius 2 is 1.30 bits per heavy atom. The molecule has 8 aromatic rings. The molecule has 0 amide bonds. The number of hydrogen-bond donors (Lipinski definition) is 1. The predicted octanol–water partition coefficient (Wildman–Crippen LogP) is 14.0. The summed E-state index contributed by atoms with van der Waals surface area (Å²) in [6, 6.07) is 44.9. The van der Waals surface area contributed by atoms with Crippen LogP contribution in [0.4, 0.5) is 0 Å². The van der Waals surface area contributed by atoms with Crippen LogP contribution in [0.25, 0.3) is 72.7 Å². The fourth-order valence-corrected chi connectivity index (χ4v) is 7.74. The van der Waals surface area contributed by atoms with Gasteiger partial charge >= 0.3 is 0 Å². The van der Waals surface area contributed by atoms with E-state index in [2.05, 4.69) is 102 Å². The smallest absolute Gasteiger partial charge is 0.149 e. The zero-order chi connectivity index (χ0) is 42.7. The Balaban J connectivity index is 1.35. The zero-order valence-corrected chi connectivity index (χ0v) is 34.1. The number of phenolic OH excluding ortho intramolecular Hbond substituents is 1. The molecule has 0 bridgehead atoms. The van der Waals surface area contributed by atoms with Crippen molar-refractivity contribution in [3.63, 3.8) is 0 Å². The van der Waals surface area contributed by atoms with E-state index in [1.807, 2.05) is 91.3 Å². The zero-order valence-electron chi connectivity index (χ0n) is 37.1. The summed E-state index contributed by atoms with van der Waals surface area (Å²) < 4.78 is 27.8. The number of benzene rings is 6. The summed E-state index contributed by atoms with van der Waals surface area (Å²) in [6.07, 6.45) is 1.88. The largest absolute Gasteiger partial charge is 0.507 e. The normalized spacial score (nSPS) is 13.0. The van der Waals surface area contributed by atoms with Gasteiger partial charge in [-0.3, -0.25) is 9.55 Å². The highest BCUT2D eigenvalue weighted by Gasteiger charge is 2.23. The third-order valence-corrected chi connectivity index (χ3v) is 11.0. The lowest BCUT2D eigenvalue weighted by molar-refractivity contribution is 0.472. The first-order valence-corrected chi connectivity index (χ1v) is 19.6. The minimum Gasteiger partial charge on any atom is -0.507 e. The summed E-state index contributed by atoms with van der Waals surface area (Å²) in [5.41, 5.74) is 14.4. The van der Waals surface area contributed by atoms with Gasteiger partial charge in [0.25, 0.3) is 0 Å². The molecule has 0 aliphatic carbocycles. The number of aromatic hydroxyl groups is 1. The molecule has 0 aliphatic heterocycles. The first-order valence-electron chi connectivity index (χ1n) is 21.1. The van der Waals surface area contributed by atoms with E-state index in [1.54, 1.807) is 6.07 Å². The molecule has 8 rings (SSSR count). The van der Waals surface area contributed by atoms with Crippen LogP contribution >= 0.6 is 0 Å². The average Bonchev–Trinajstić information content (AvgIpc) is 3.61. The van der Waals surface area contributed by atoms with Gasteiger partial charge in [-0.25, -0.2) is 4.98 Å². The van der Waals surface area contributed by atoms with Gasteiger partial charge in [-0.2, -0.15) is 0 Å². The summed E-state index contributed by atoms with van der Waals surface area (Å²) in [4.78, 5) is 10.3. The molecule has 4 nitrogen and oxygen atoms in total. The van der Waals surface area contributed by atoms with E-state index in [9.17, 15) is 5.11 Å². The van der Waals surface area contributed by atoms with E-state index in [-0.39, 0.29) is 22.1 Å². The maximum Gasteiger partial charge on any atom is 0.149 e. The molecular formula is C53H51N3O. The monoisotopic (exact) mass is 748 g/mol. The van der Waals surface area contributed by atoms with E-state index >= 15 is 0 Å². The number of phenols is 1. The number of hydrogen-bond acceptors (Lipinski definition) is 3. The van der Waals surface area contributed by atoms with Crippen molar-refractivity contribution in [2.75, 3.05) is 0 Å². The van der Waals surface area contributed by atoms with Crippen LogP contribution in [-0.4, -0.2) is 19.6 Å². The fourth-order valence-electron chi connectivity index (χ4n) is 7.74. The molecule has 0 atom stereocenters. The van der Waals surface area contributed by atoms with E-state index in [0.717, 1.165) is 66.8 Å². The van der Waals surface area contributed by atoms with E-state index < -0.39 is 6.85 Å². The second-order valence-corrected chi connectivity index (χ2v) is 17.3. The van der Waals surface area contributed by atoms with Gasteiger partial charge in [-0.15, -0.1) is 0 Å². The molecule has 0 radical (unpaired) electrons. The number of fused-ring (bicyclic) bond motifs is 1. The minimum atomic E-state index is -2.39. The molecule has 284 valence electrons. The molecule has 0 saturated carbocycles. The summed E-state index contributed by atoms with van der Waals surface area (Å²) in [5, 5.41) is 11.6. The topological polar surface area (TPSA) is 50.9 Å². The molecule has 2 heterocycles. The second-order valence-electron chi connectivity index (χ2n) is 17.3. The lowest BCUT2D eigenvalue weighted by Crippen LogP contribution is -2.11. The Kier molecular flexibility index (Phi) is 8.57. The number of aromatic nitrogens is 3. The number of para-hydroxylation sites is 1. The number of rotatable bonds is 6. The molecule has 2 aromatic heterocycles. The average molecular weight is 749 g/mol. The summed E-state index contributed by atoms with van der Waals surface area (Å²) in [7, 11) is 0. The molecule has 0 aliphatic rings. The van der Waals surface area contributed by atoms with Gasteiger partial charge in [-0.1, -0.05) is 126 Å². The highest BCUT2D eigenvalue weighted by atomic mass is 16.3. The Morgan fingerprint density at radius 1 is 0.561 bits per heavy atom. The second kappa shape index (κ2) is 14.4. The lowest BCUT2D eigenvalue weighted by atomic mass is 9.83. The van der Waals surface area contributed by atoms with Crippen molar-refractivity contribution >= 4 is 11.0 Å². The fraction of sp³-hybridized carbons (Fsp3) is 0.208. The first-order chi connectivity index (χ1) is 28.4. The van der Waals surface area contributed by atoms with Crippen LogP contribution in [0.3, 0.4) is 0 Å². The van der Waals surface area contributed by atoms with E-state index in [0.29, 0.717) is 22.6 Å². The minimum absolute atomic E-state index is 0.0677. The van der Waals surface area contributed by atoms with Gasteiger partial charge in [0.2, 0.25) is 0 Å². The standard InChI is InChI=1S/C53H51N3O/c1-33-26-35(3)50(57)46(27-33)51-55-49-45(16-13-17-48(49)56(51)43-22-23-44(34(2)28-43)37-14-11-10-12-15-37)39-29-40(31-42(30-39)53(7,8)9)47-32-38(24-25-54-47)36-18-20-41(21-19-36)52(4,5)6/h10-32,57H,1-9H3/i2D3. The SMILES string of the molecule is [2H]C([2H])([2H])c1cc(-n2c(-c3cc(C)cc(C)c3O)nc3c(-c4cc(-c5cc(-c6ccc(C(C)(C)C)cc6)ccn5)cc(C(C)(C)C)c4)cccc32)ccc1-c1ccccc1. The first kappa shape index (κ1) is 34.0. The highest BCUT2D eigenvalue weighted by molar-refractivity contribution is 5.97. The van der Waals surface area contributed by atoms with Crippen LogP contribution < -0.4 is 0 Å². The number of imidazole rings is 1. The van der Waals surface area contributed by atoms with Crippen LogP contribution in [-0.2, 0) is 10.8 Å². The van der Waals surface area contributed by atoms with E-state index in [4.69, 9.17) is 14.1 Å². The Morgan fingerprint density at radius 3 is 2.02 bits per heavy atom. The van der Waals surface area contributed by atoms with Crippen molar-refractivity contribution in [2.24, 2.45) is 0 Å². The maximum atomic E-state index is 11.6. The Bertz CT molecular complexity index is 2890. The molecule has 57 heavy (non-hydrogen) atoms. The number of pyridine rings is 1. The summed E-state index contributed by atoms with van der Waals surface area (Å²) >= 11 is 0. The maximum absolute atomic E-state index is 11.6. The van der Waals surface area contributed by atoms with Gasteiger partial charge < -0.3 is 5.11 Å². The van der Waals surface area contributed by atoms with Crippen LogP contribution in [0, 0.1) is 20.7 Å². The third kappa shape index (κ3) is 7.29. The van der Waals surface area contributed by atoms with Gasteiger partial charge in [0.1, 0.15) is 11.6 Å². The summed E-state index contributed by atoms with van der Waals surface area (Å²) in [5.74, 6) is 0.649. The lowest BCUT2D eigenvalue weighted by Gasteiger charge is -2.22. The Labute approximate surface area is 341 Å². The van der Waals surface area contributed by atoms with E-state index in [1.165, 1.54) is 5.56 Å². The van der Waals surface area contributed by atoms with Crippen molar-refractivity contribution in [2.45, 2.75) is 73.1 Å². The predicted molar refractivity (Wildman–Crippen MR) is 239 cm³/mol. The molecule has 4 heteroatoms. The third-order valence-electron chi connectivity index (χ3n) is 11.0. The number of aryl methyl sites for hydroxylation is 3. The Hall–Kier alpha value is -6.26. The van der Waals surface area contributed by atoms with Crippen molar-refractivity contribution in [1.29, 1.82) is 0 Å². The molecule has 0 spiro atoms. The van der Waals surface area contributed by atoms with Gasteiger partial charge in [0, 0.05) is 27.1 Å². The summed E-state index contributed by atoms with van der Waals surface area (Å²) in [6.45, 7) is 14.8. The van der Waals surface area contributed by atoms with Crippen molar-refractivity contribution in [3.8, 4) is 67.5 Å². The van der Waals surface area contributed by atoms with Gasteiger partial charge in [0.15, 0.2) is 0 Å². The van der Waals surface area contributed by atoms with Crippen LogP contribution in [0.5, 0.6) is 5.75 Å². The molecule has 0 saturated heterocycles. The molecule has 6 aromatic carbocycles. The van der Waals surface area contributed by atoms with Crippen LogP contribution in [0.2, 0.25) is 0 Å². The number of nitrogens with zero attached hydrogens (tertiary/aromatic N) is 3. The molecule has 0 fully saturated rings. The quantitative estimate of drug-likeness (QED) is 0.184. The van der Waals surface area contributed by atoms with Crippen LogP contribution in [0.15, 0.2) is 140 Å². The molecule has 1 N–H and O–H groups in total. The van der Waals surface area contributed by atoms with Gasteiger partial charge in [0.05, 0.1) is 22.3 Å². The molecule has 0 unspecified atom stereocenters. The van der Waals surface area contributed by atoms with Crippen molar-refractivity contribution in [3.05, 3.63) is 167 Å². The van der Waals surface area contributed by atoms with Crippen molar-refractivity contribution < 1.29 is 9.22 Å². The van der Waals surface area contributed by atoms with Gasteiger partial charge in [-0.05, 0) is 136 Å². The highest BCUT2D eigenvalue weighted by Crippen LogP contribution is 2.41. The van der Waals surface area contributed by atoms with Crippen LogP contribution in [0.1, 0.15) is 73.5 Å². The van der Waals surface area contributed by atoms with Crippen molar-refractivity contribution in [1.82, 2.24) is 14.5 Å². The molecular weight excluding hydrogens is 695 g/mol.